The zero-order valence-electron chi connectivity index (χ0n) is 9.17. The van der Waals surface area contributed by atoms with E-state index in [9.17, 15) is 0 Å². The largest absolute Gasteiger partial charge is 0.487 e. The molecule has 3 aromatic rings. The van der Waals surface area contributed by atoms with Gasteiger partial charge in [0.25, 0.3) is 0 Å². The van der Waals surface area contributed by atoms with Gasteiger partial charge < -0.3 is 4.74 Å². The van der Waals surface area contributed by atoms with Gasteiger partial charge in [-0.3, -0.25) is 4.98 Å². The third-order valence-corrected chi connectivity index (χ3v) is 3.36. The lowest BCUT2D eigenvalue weighted by atomic mass is 10.1. The molecule has 0 spiro atoms. The minimum atomic E-state index is 0.582. The highest BCUT2D eigenvalue weighted by Crippen LogP contribution is 2.26. The first kappa shape index (κ1) is 10.3. The average molecular weight is 241 g/mol. The first-order valence-electron chi connectivity index (χ1n) is 5.41. The molecule has 0 N–H and O–H groups in total. The van der Waals surface area contributed by atoms with Gasteiger partial charge in [0.1, 0.15) is 12.4 Å². The van der Waals surface area contributed by atoms with Crippen LogP contribution in [0.1, 0.15) is 4.88 Å². The van der Waals surface area contributed by atoms with Gasteiger partial charge in [0.2, 0.25) is 0 Å². The van der Waals surface area contributed by atoms with Gasteiger partial charge in [0.05, 0.1) is 10.4 Å². The Bertz CT molecular complexity index is 614. The van der Waals surface area contributed by atoms with Crippen LogP contribution in [0.25, 0.3) is 10.8 Å². The molecule has 3 heteroatoms. The van der Waals surface area contributed by atoms with Crippen LogP contribution in [0.3, 0.4) is 0 Å². The van der Waals surface area contributed by atoms with Crippen molar-refractivity contribution in [2.45, 2.75) is 6.61 Å². The molecule has 0 saturated carbocycles. The van der Waals surface area contributed by atoms with Gasteiger partial charge in [-0.2, -0.15) is 0 Å². The molecule has 0 aliphatic rings. The molecule has 0 aliphatic carbocycles. The highest BCUT2D eigenvalue weighted by Gasteiger charge is 2.02. The summed E-state index contributed by atoms with van der Waals surface area (Å²) in [5.74, 6) is 0.927. The van der Waals surface area contributed by atoms with E-state index in [4.69, 9.17) is 4.74 Å². The van der Waals surface area contributed by atoms with Crippen LogP contribution in [0.5, 0.6) is 5.75 Å². The second-order valence-electron chi connectivity index (χ2n) is 3.73. The van der Waals surface area contributed by atoms with Gasteiger partial charge in [-0.05, 0) is 11.5 Å². The molecule has 0 aliphatic heterocycles. The standard InChI is InChI=1S/C14H11NOS/c1-2-6-13-11(4-1)5-3-7-14(13)16-9-12-8-15-10-17-12/h1-8,10H,9H2. The van der Waals surface area contributed by atoms with Crippen molar-refractivity contribution in [2.75, 3.05) is 0 Å². The quantitative estimate of drug-likeness (QED) is 0.694. The van der Waals surface area contributed by atoms with E-state index in [1.165, 1.54) is 5.39 Å². The van der Waals surface area contributed by atoms with E-state index in [1.54, 1.807) is 11.3 Å². The fourth-order valence-corrected chi connectivity index (χ4v) is 2.29. The predicted octanol–water partition coefficient (Wildman–Crippen LogP) is 3.88. The van der Waals surface area contributed by atoms with E-state index < -0.39 is 0 Å². The number of rotatable bonds is 3. The van der Waals surface area contributed by atoms with Crippen molar-refractivity contribution < 1.29 is 4.74 Å². The molecule has 17 heavy (non-hydrogen) atoms. The Hall–Kier alpha value is -1.87. The van der Waals surface area contributed by atoms with E-state index >= 15 is 0 Å². The molecule has 2 nitrogen and oxygen atoms in total. The van der Waals surface area contributed by atoms with Crippen LogP contribution in [0, 0.1) is 0 Å². The van der Waals surface area contributed by atoms with E-state index in [2.05, 4.69) is 23.2 Å². The van der Waals surface area contributed by atoms with E-state index in [0.717, 1.165) is 16.0 Å². The molecule has 84 valence electrons. The van der Waals surface area contributed by atoms with Crippen molar-refractivity contribution in [1.29, 1.82) is 0 Å². The summed E-state index contributed by atoms with van der Waals surface area (Å²) in [4.78, 5) is 5.17. The maximum absolute atomic E-state index is 5.83. The number of hydrogen-bond donors (Lipinski definition) is 0. The molecule has 0 atom stereocenters. The zero-order valence-corrected chi connectivity index (χ0v) is 9.98. The fourth-order valence-electron chi connectivity index (χ4n) is 1.78. The summed E-state index contributed by atoms with van der Waals surface area (Å²) in [7, 11) is 0. The predicted molar refractivity (Wildman–Crippen MR) is 70.4 cm³/mol. The molecule has 3 rings (SSSR count). The molecule has 0 radical (unpaired) electrons. The van der Waals surface area contributed by atoms with E-state index in [-0.39, 0.29) is 0 Å². The minimum Gasteiger partial charge on any atom is -0.487 e. The van der Waals surface area contributed by atoms with Crippen LogP contribution in [-0.2, 0) is 6.61 Å². The number of nitrogens with zero attached hydrogens (tertiary/aromatic N) is 1. The normalized spacial score (nSPS) is 10.6. The highest BCUT2D eigenvalue weighted by molar-refractivity contribution is 7.09. The van der Waals surface area contributed by atoms with Gasteiger partial charge >= 0.3 is 0 Å². The third-order valence-electron chi connectivity index (χ3n) is 2.60. The van der Waals surface area contributed by atoms with Gasteiger partial charge in [0.15, 0.2) is 0 Å². The van der Waals surface area contributed by atoms with Crippen LogP contribution in [-0.4, -0.2) is 4.98 Å². The molecule has 0 unspecified atom stereocenters. The second kappa shape index (κ2) is 4.55. The third kappa shape index (κ3) is 2.15. The van der Waals surface area contributed by atoms with Crippen LogP contribution >= 0.6 is 11.3 Å². The summed E-state index contributed by atoms with van der Waals surface area (Å²) < 4.78 is 5.83. The summed E-state index contributed by atoms with van der Waals surface area (Å²) in [6.07, 6.45) is 1.84. The summed E-state index contributed by atoms with van der Waals surface area (Å²) in [5.41, 5.74) is 1.82. The lowest BCUT2D eigenvalue weighted by Crippen LogP contribution is -1.93. The number of aromatic nitrogens is 1. The van der Waals surface area contributed by atoms with Gasteiger partial charge in [0, 0.05) is 11.6 Å². The van der Waals surface area contributed by atoms with E-state index in [1.807, 2.05) is 36.0 Å². The molecule has 0 fully saturated rings. The topological polar surface area (TPSA) is 22.1 Å². The maximum Gasteiger partial charge on any atom is 0.127 e. The molecule has 0 saturated heterocycles. The summed E-state index contributed by atoms with van der Waals surface area (Å²) in [6.45, 7) is 0.582. The molecule has 1 heterocycles. The Morgan fingerprint density at radius 2 is 1.94 bits per heavy atom. The van der Waals surface area contributed by atoms with Crippen LogP contribution in [0.2, 0.25) is 0 Å². The van der Waals surface area contributed by atoms with Crippen LogP contribution < -0.4 is 4.74 Å². The van der Waals surface area contributed by atoms with Crippen LogP contribution in [0.4, 0.5) is 0 Å². The molecule has 0 bridgehead atoms. The summed E-state index contributed by atoms with van der Waals surface area (Å²) >= 11 is 1.61. The van der Waals surface area contributed by atoms with Gasteiger partial charge in [-0.15, -0.1) is 11.3 Å². The van der Waals surface area contributed by atoms with Crippen LogP contribution in [0.15, 0.2) is 54.2 Å². The van der Waals surface area contributed by atoms with Crippen molar-refractivity contribution in [3.05, 3.63) is 59.0 Å². The smallest absolute Gasteiger partial charge is 0.127 e. The number of hydrogen-bond acceptors (Lipinski definition) is 3. The Kier molecular flexibility index (Phi) is 2.76. The molecule has 0 amide bonds. The second-order valence-corrected chi connectivity index (χ2v) is 4.70. The first-order valence-corrected chi connectivity index (χ1v) is 6.29. The number of ether oxygens (including phenoxy) is 1. The molecular weight excluding hydrogens is 230 g/mol. The highest BCUT2D eigenvalue weighted by atomic mass is 32.1. The Morgan fingerprint density at radius 3 is 2.82 bits per heavy atom. The van der Waals surface area contributed by atoms with E-state index in [0.29, 0.717) is 6.61 Å². The van der Waals surface area contributed by atoms with Crippen molar-refractivity contribution >= 4 is 22.1 Å². The van der Waals surface area contributed by atoms with Crippen molar-refractivity contribution in [2.24, 2.45) is 0 Å². The minimum absolute atomic E-state index is 0.582. The van der Waals surface area contributed by atoms with Gasteiger partial charge in [-0.25, -0.2) is 0 Å². The first-order chi connectivity index (χ1) is 8.43. The zero-order chi connectivity index (χ0) is 11.5. The molecule has 1 aromatic heterocycles. The Balaban J connectivity index is 1.90. The summed E-state index contributed by atoms with van der Waals surface area (Å²) in [5, 5.41) is 2.36. The lowest BCUT2D eigenvalue weighted by molar-refractivity contribution is 0.313. The lowest BCUT2D eigenvalue weighted by Gasteiger charge is -2.07. The fraction of sp³-hybridized carbons (Fsp3) is 0.0714. The summed E-state index contributed by atoms with van der Waals surface area (Å²) in [6, 6.07) is 14.4. The number of fused-ring (bicyclic) bond motifs is 1. The average Bonchev–Trinajstić information content (AvgIpc) is 2.89. The Morgan fingerprint density at radius 1 is 1.06 bits per heavy atom. The van der Waals surface area contributed by atoms with Crippen molar-refractivity contribution in [3.8, 4) is 5.75 Å². The van der Waals surface area contributed by atoms with Crippen molar-refractivity contribution in [3.63, 3.8) is 0 Å². The SMILES string of the molecule is c1ccc2c(OCc3cncs3)cccc2c1. The molecular formula is C14H11NOS. The van der Waals surface area contributed by atoms with Gasteiger partial charge in [-0.1, -0.05) is 36.4 Å². The number of benzene rings is 2. The maximum atomic E-state index is 5.83. The Labute approximate surface area is 104 Å². The number of thiazole rings is 1. The monoisotopic (exact) mass is 241 g/mol. The molecule has 2 aromatic carbocycles. The van der Waals surface area contributed by atoms with Crippen molar-refractivity contribution in [1.82, 2.24) is 4.98 Å².